The molecule has 4 N–H and O–H groups in total. The van der Waals surface area contributed by atoms with E-state index in [0.29, 0.717) is 23.7 Å². The summed E-state index contributed by atoms with van der Waals surface area (Å²) in [7, 11) is 0. The number of rotatable bonds is 4. The van der Waals surface area contributed by atoms with Crippen LogP contribution in [0.2, 0.25) is 0 Å². The van der Waals surface area contributed by atoms with E-state index in [1.807, 2.05) is 39.8 Å². The molecule has 0 heterocycles. The van der Waals surface area contributed by atoms with Crippen molar-refractivity contribution in [2.45, 2.75) is 68.2 Å². The minimum absolute atomic E-state index is 0. The molecule has 3 aliphatic rings. The molecule has 0 spiro atoms. The molecule has 8 atom stereocenters. The summed E-state index contributed by atoms with van der Waals surface area (Å²) in [6.07, 6.45) is 13.9. The zero-order valence-corrected chi connectivity index (χ0v) is 24.0. The van der Waals surface area contributed by atoms with Crippen molar-refractivity contribution in [3.63, 3.8) is 0 Å². The molecular weight excluding hydrogens is 497 g/mol. The van der Waals surface area contributed by atoms with Gasteiger partial charge in [0.25, 0.3) is 0 Å². The zero-order valence-electron chi connectivity index (χ0n) is 22.2. The van der Waals surface area contributed by atoms with Gasteiger partial charge in [0.05, 0.1) is 0 Å². The van der Waals surface area contributed by atoms with Crippen LogP contribution in [0.15, 0.2) is 49.6 Å². The summed E-state index contributed by atoms with van der Waals surface area (Å²) in [5.74, 6) is 5.25. The van der Waals surface area contributed by atoms with E-state index < -0.39 is 5.91 Å². The predicted octanol–water partition coefficient (Wildman–Crippen LogP) is 6.29. The van der Waals surface area contributed by atoms with E-state index in [4.69, 9.17) is 5.73 Å². The Morgan fingerprint density at radius 1 is 0.758 bits per heavy atom. The molecule has 0 aromatic heterocycles. The molecule has 8 unspecified atom stereocenters. The van der Waals surface area contributed by atoms with E-state index in [1.165, 1.54) is 12.5 Å². The van der Waals surface area contributed by atoms with Crippen LogP contribution < -0.4 is 11.5 Å². The van der Waals surface area contributed by atoms with E-state index >= 15 is 0 Å². The molecular formula is C28H50N2O2Ru. The maximum absolute atomic E-state index is 10.6. The second-order valence-electron chi connectivity index (χ2n) is 8.55. The first-order chi connectivity index (χ1) is 15.1. The standard InChI is InChI=1S/C12H19NO.C9H14.C3H5NO.2C2H6.Ru/c1-4-10-7-11(5-6-12(13)14)9(3)8(10)2;1-6-7(2)9-4-3-8(6)5-9;1-2-3(4)5;2*1-2;/h4-6,8-11H,1,7H2,2-3H3,(H2,13,14);3-4,6-9H,5H2,1-2H3;2H,1H2,(H2,4,5);2*1-2H3;/b6-5+;;;;;. The van der Waals surface area contributed by atoms with Gasteiger partial charge in [-0.3, -0.25) is 9.59 Å². The van der Waals surface area contributed by atoms with Gasteiger partial charge in [-0.2, -0.15) is 0 Å². The Morgan fingerprint density at radius 2 is 1.15 bits per heavy atom. The van der Waals surface area contributed by atoms with Crippen LogP contribution in [0.5, 0.6) is 0 Å². The van der Waals surface area contributed by atoms with Crippen LogP contribution in [0.4, 0.5) is 0 Å². The van der Waals surface area contributed by atoms with Gasteiger partial charge in [-0.15, -0.1) is 6.58 Å². The maximum Gasteiger partial charge on any atom is 0.241 e. The number of nitrogens with two attached hydrogens (primary N) is 2. The van der Waals surface area contributed by atoms with E-state index in [2.05, 4.69) is 58.7 Å². The van der Waals surface area contributed by atoms with Gasteiger partial charge < -0.3 is 11.5 Å². The molecule has 0 aromatic rings. The van der Waals surface area contributed by atoms with Gasteiger partial charge in [-0.25, -0.2) is 0 Å². The number of carbonyl (C=O) groups excluding carboxylic acids is 2. The number of fused-ring (bicyclic) bond motifs is 2. The molecule has 2 bridgehead atoms. The summed E-state index contributed by atoms with van der Waals surface area (Å²) >= 11 is 0. The minimum atomic E-state index is -0.481. The minimum Gasteiger partial charge on any atom is -0.366 e. The molecule has 192 valence electrons. The van der Waals surface area contributed by atoms with Crippen LogP contribution in [0, 0.1) is 47.3 Å². The fourth-order valence-electron chi connectivity index (χ4n) is 4.62. The predicted molar refractivity (Wildman–Crippen MR) is 140 cm³/mol. The van der Waals surface area contributed by atoms with E-state index in [-0.39, 0.29) is 25.4 Å². The monoisotopic (exact) mass is 548 g/mol. The van der Waals surface area contributed by atoms with Gasteiger partial charge in [0.1, 0.15) is 0 Å². The van der Waals surface area contributed by atoms with Crippen molar-refractivity contribution in [2.24, 2.45) is 58.8 Å². The van der Waals surface area contributed by atoms with Gasteiger partial charge in [0, 0.05) is 19.5 Å². The normalized spacial score (nSPS) is 32.2. The zero-order chi connectivity index (χ0) is 25.4. The van der Waals surface area contributed by atoms with Crippen molar-refractivity contribution >= 4 is 11.8 Å². The first-order valence-electron chi connectivity index (χ1n) is 12.3. The van der Waals surface area contributed by atoms with Crippen LogP contribution in [-0.2, 0) is 29.1 Å². The number of hydrogen-bond acceptors (Lipinski definition) is 2. The largest absolute Gasteiger partial charge is 0.366 e. The number of hydrogen-bond donors (Lipinski definition) is 2. The second-order valence-corrected chi connectivity index (χ2v) is 8.55. The van der Waals surface area contributed by atoms with Crippen LogP contribution in [0.1, 0.15) is 68.2 Å². The van der Waals surface area contributed by atoms with Gasteiger partial charge in [-0.05, 0) is 72.3 Å². The van der Waals surface area contributed by atoms with Crippen LogP contribution in [0.3, 0.4) is 0 Å². The molecule has 0 aromatic carbocycles. The molecule has 4 nitrogen and oxygen atoms in total. The van der Waals surface area contributed by atoms with Gasteiger partial charge in [-0.1, -0.05) is 86.3 Å². The summed E-state index contributed by atoms with van der Waals surface area (Å²) < 4.78 is 0. The third-order valence-electron chi connectivity index (χ3n) is 7.07. The molecule has 0 saturated heterocycles. The van der Waals surface area contributed by atoms with Crippen LogP contribution in [0.25, 0.3) is 0 Å². The third kappa shape index (κ3) is 12.5. The van der Waals surface area contributed by atoms with Crippen molar-refractivity contribution < 1.29 is 29.1 Å². The first kappa shape index (κ1) is 36.1. The van der Waals surface area contributed by atoms with Crippen molar-refractivity contribution in [1.29, 1.82) is 0 Å². The van der Waals surface area contributed by atoms with Crippen molar-refractivity contribution in [3.8, 4) is 0 Å². The average molecular weight is 548 g/mol. The average Bonchev–Trinajstić information content (AvgIpc) is 3.47. The Hall–Kier alpha value is -1.48. The molecule has 2 amide bonds. The number of carbonyl (C=O) groups is 2. The smallest absolute Gasteiger partial charge is 0.241 e. The third-order valence-corrected chi connectivity index (χ3v) is 7.07. The molecule has 5 heteroatoms. The number of primary amides is 2. The van der Waals surface area contributed by atoms with E-state index in [0.717, 1.165) is 36.2 Å². The van der Waals surface area contributed by atoms with E-state index in [9.17, 15) is 9.59 Å². The molecule has 33 heavy (non-hydrogen) atoms. The number of allylic oxidation sites excluding steroid dienone is 4. The van der Waals surface area contributed by atoms with Gasteiger partial charge in [0.15, 0.2) is 0 Å². The Balaban J connectivity index is -0.000000408. The first-order valence-corrected chi connectivity index (χ1v) is 12.3. The molecule has 0 aliphatic heterocycles. The Kier molecular flexibility index (Phi) is 21.8. The summed E-state index contributed by atoms with van der Waals surface area (Å²) in [6, 6.07) is 0. The van der Waals surface area contributed by atoms with Crippen molar-refractivity contribution in [3.05, 3.63) is 49.6 Å². The summed E-state index contributed by atoms with van der Waals surface area (Å²) in [4.78, 5) is 20.1. The summed E-state index contributed by atoms with van der Waals surface area (Å²) in [5.41, 5.74) is 9.61. The fraction of sp³-hybridized carbons (Fsp3) is 0.643. The van der Waals surface area contributed by atoms with Crippen LogP contribution >= 0.6 is 0 Å². The molecule has 0 radical (unpaired) electrons. The maximum atomic E-state index is 10.6. The fourth-order valence-corrected chi connectivity index (χ4v) is 4.62. The van der Waals surface area contributed by atoms with Crippen molar-refractivity contribution in [1.82, 2.24) is 0 Å². The Morgan fingerprint density at radius 3 is 1.39 bits per heavy atom. The van der Waals surface area contributed by atoms with Gasteiger partial charge >= 0.3 is 0 Å². The summed E-state index contributed by atoms with van der Waals surface area (Å²) in [5, 5.41) is 0. The van der Waals surface area contributed by atoms with Crippen LogP contribution in [-0.4, -0.2) is 11.8 Å². The molecule has 2 saturated carbocycles. The topological polar surface area (TPSA) is 86.2 Å². The second kappa shape index (κ2) is 19.9. The van der Waals surface area contributed by atoms with Gasteiger partial charge in [0.2, 0.25) is 11.8 Å². The summed E-state index contributed by atoms with van der Waals surface area (Å²) in [6.45, 7) is 24.2. The molecule has 3 aliphatic carbocycles. The van der Waals surface area contributed by atoms with Crippen molar-refractivity contribution in [2.75, 3.05) is 0 Å². The number of amides is 2. The quantitative estimate of drug-likeness (QED) is 0.246. The van der Waals surface area contributed by atoms with E-state index in [1.54, 1.807) is 0 Å². The molecule has 3 rings (SSSR count). The molecule has 2 fully saturated rings. The Bertz CT molecular complexity index is 613. The Labute approximate surface area is 217 Å². The SMILES string of the molecule is C=CC(N)=O.C=CC1CC(/C=C/C(N)=O)C(C)C1C.CC.CC.CC1C2C=CC(C2)C1C.[Ru].